The molecule has 7 heteroatoms. The Hall–Kier alpha value is -1.44. The molecule has 0 radical (unpaired) electrons. The molecule has 2 atom stereocenters. The summed E-state index contributed by atoms with van der Waals surface area (Å²) in [4.78, 5) is 29.4. The highest BCUT2D eigenvalue weighted by atomic mass is 32.1. The van der Waals surface area contributed by atoms with E-state index in [1.165, 1.54) is 4.88 Å². The highest BCUT2D eigenvalue weighted by Crippen LogP contribution is 2.26. The van der Waals surface area contributed by atoms with Crippen LogP contribution in [0.3, 0.4) is 0 Å². The summed E-state index contributed by atoms with van der Waals surface area (Å²) in [5.74, 6) is 0.0447. The molecule has 1 aromatic rings. The summed E-state index contributed by atoms with van der Waals surface area (Å²) in [6.07, 6.45) is 3.50. The minimum Gasteiger partial charge on any atom is -0.381 e. The maximum atomic E-state index is 12.6. The van der Waals surface area contributed by atoms with Crippen molar-refractivity contribution in [2.75, 3.05) is 26.3 Å². The molecule has 0 spiro atoms. The van der Waals surface area contributed by atoms with Gasteiger partial charge in [-0.25, -0.2) is 0 Å². The first-order chi connectivity index (χ1) is 12.6. The first-order valence-electron chi connectivity index (χ1n) is 9.63. The Kier molecular flexibility index (Phi) is 6.67. The second-order valence-electron chi connectivity index (χ2n) is 6.98. The molecule has 3 heterocycles. The number of rotatable bonds is 6. The number of carbonyl (C=O) groups excluding carboxylic acids is 2. The second kappa shape index (κ2) is 8.97. The van der Waals surface area contributed by atoms with E-state index in [2.05, 4.69) is 22.5 Å². The zero-order valence-corrected chi connectivity index (χ0v) is 16.4. The average molecular weight is 380 g/mol. The lowest BCUT2D eigenvalue weighted by Gasteiger charge is -2.34. The van der Waals surface area contributed by atoms with Crippen molar-refractivity contribution < 1.29 is 14.3 Å². The summed E-state index contributed by atoms with van der Waals surface area (Å²) in [7, 11) is 0. The van der Waals surface area contributed by atoms with Crippen molar-refractivity contribution in [2.24, 2.45) is 0 Å². The van der Waals surface area contributed by atoms with Gasteiger partial charge in [0.05, 0.1) is 10.9 Å². The highest BCUT2D eigenvalue weighted by Gasteiger charge is 2.41. The lowest BCUT2D eigenvalue weighted by atomic mass is 10.1. The summed E-state index contributed by atoms with van der Waals surface area (Å²) >= 11 is 1.55. The zero-order valence-electron chi connectivity index (χ0n) is 15.6. The number of likely N-dealkylation sites (N-methyl/N-ethyl adjacent to an activating group) is 1. The van der Waals surface area contributed by atoms with E-state index in [0.29, 0.717) is 19.0 Å². The second-order valence-corrected chi connectivity index (χ2v) is 8.14. The third-order valence-corrected chi connectivity index (χ3v) is 6.45. The van der Waals surface area contributed by atoms with Crippen LogP contribution in [0.5, 0.6) is 0 Å². The monoisotopic (exact) mass is 379 g/mol. The van der Waals surface area contributed by atoms with Crippen LogP contribution >= 0.6 is 11.3 Å². The van der Waals surface area contributed by atoms with Crippen LogP contribution in [-0.4, -0.2) is 61.1 Å². The number of carbonyl (C=O) groups is 2. The number of nitrogens with zero attached hydrogens (tertiary/aromatic N) is 1. The molecule has 2 N–H and O–H groups in total. The fraction of sp³-hybridized carbons (Fsp3) is 0.684. The molecule has 6 nitrogen and oxygen atoms in total. The lowest BCUT2D eigenvalue weighted by molar-refractivity contribution is -0.126. The topological polar surface area (TPSA) is 70.7 Å². The van der Waals surface area contributed by atoms with Crippen LogP contribution in [0.2, 0.25) is 0 Å². The van der Waals surface area contributed by atoms with Gasteiger partial charge in [-0.3, -0.25) is 14.5 Å². The molecule has 2 saturated heterocycles. The molecule has 2 aliphatic heterocycles. The number of nitrogens with one attached hydrogen (secondary N) is 2. The normalized spacial score (nSPS) is 24.5. The quantitative estimate of drug-likeness (QED) is 0.791. The molecule has 0 bridgehead atoms. The lowest BCUT2D eigenvalue weighted by Crippen LogP contribution is -2.49. The van der Waals surface area contributed by atoms with Gasteiger partial charge >= 0.3 is 0 Å². The van der Waals surface area contributed by atoms with Gasteiger partial charge in [-0.15, -0.1) is 11.3 Å². The van der Waals surface area contributed by atoms with E-state index >= 15 is 0 Å². The van der Waals surface area contributed by atoms with Crippen LogP contribution in [0.4, 0.5) is 0 Å². The van der Waals surface area contributed by atoms with Gasteiger partial charge in [0.2, 0.25) is 5.91 Å². The van der Waals surface area contributed by atoms with Gasteiger partial charge in [0.1, 0.15) is 0 Å². The summed E-state index contributed by atoms with van der Waals surface area (Å²) < 4.78 is 5.47. The van der Waals surface area contributed by atoms with Crippen molar-refractivity contribution in [3.8, 4) is 0 Å². The van der Waals surface area contributed by atoms with Crippen LogP contribution in [0, 0.1) is 0 Å². The van der Waals surface area contributed by atoms with Crippen molar-refractivity contribution >= 4 is 23.2 Å². The van der Waals surface area contributed by atoms with Gasteiger partial charge < -0.3 is 15.4 Å². The van der Waals surface area contributed by atoms with E-state index in [1.54, 1.807) is 11.3 Å². The maximum absolute atomic E-state index is 12.6. The molecule has 2 aliphatic rings. The minimum atomic E-state index is -0.169. The minimum absolute atomic E-state index is 0.00475. The van der Waals surface area contributed by atoms with Gasteiger partial charge in [0.15, 0.2) is 0 Å². The molecular weight excluding hydrogens is 350 g/mol. The predicted molar refractivity (Wildman–Crippen MR) is 103 cm³/mol. The van der Waals surface area contributed by atoms with Gasteiger partial charge in [-0.1, -0.05) is 6.92 Å². The molecule has 1 aromatic heterocycles. The number of aryl methyl sites for hydroxylation is 1. The largest absolute Gasteiger partial charge is 0.381 e. The molecule has 0 aromatic carbocycles. The molecule has 144 valence electrons. The molecule has 2 amide bonds. The third kappa shape index (κ3) is 4.45. The van der Waals surface area contributed by atoms with E-state index in [4.69, 9.17) is 4.74 Å². The van der Waals surface area contributed by atoms with Gasteiger partial charge in [-0.2, -0.15) is 0 Å². The summed E-state index contributed by atoms with van der Waals surface area (Å²) in [6.45, 7) is 6.87. The Balaban J connectivity index is 1.66. The number of hydrogen-bond donors (Lipinski definition) is 2. The fourth-order valence-electron chi connectivity index (χ4n) is 3.88. The molecule has 0 saturated carbocycles. The van der Waals surface area contributed by atoms with Crippen LogP contribution < -0.4 is 10.6 Å². The van der Waals surface area contributed by atoms with E-state index in [-0.39, 0.29) is 23.9 Å². The van der Waals surface area contributed by atoms with Crippen molar-refractivity contribution in [1.82, 2.24) is 15.5 Å². The Morgan fingerprint density at radius 1 is 1.27 bits per heavy atom. The fourth-order valence-corrected chi connectivity index (χ4v) is 4.73. The highest BCUT2D eigenvalue weighted by molar-refractivity contribution is 7.14. The van der Waals surface area contributed by atoms with Crippen molar-refractivity contribution in [1.29, 1.82) is 0 Å². The predicted octanol–water partition coefficient (Wildman–Crippen LogP) is 1.80. The van der Waals surface area contributed by atoms with E-state index in [1.807, 2.05) is 19.1 Å². The first kappa shape index (κ1) is 19.3. The Morgan fingerprint density at radius 2 is 2.04 bits per heavy atom. The Labute approximate surface area is 159 Å². The molecule has 2 fully saturated rings. The van der Waals surface area contributed by atoms with Crippen molar-refractivity contribution in [3.63, 3.8) is 0 Å². The number of ether oxygens (including phenoxy) is 1. The third-order valence-electron chi connectivity index (χ3n) is 5.22. The molecule has 0 aliphatic carbocycles. The number of amides is 2. The number of hydrogen-bond acceptors (Lipinski definition) is 5. The van der Waals surface area contributed by atoms with Crippen LogP contribution in [0.1, 0.15) is 47.7 Å². The summed E-state index contributed by atoms with van der Waals surface area (Å²) in [6, 6.07) is 4.10. The number of likely N-dealkylation sites (tertiary alicyclic amines) is 1. The summed E-state index contributed by atoms with van der Waals surface area (Å²) in [5, 5.41) is 6.10. The smallest absolute Gasteiger partial charge is 0.261 e. The van der Waals surface area contributed by atoms with Crippen LogP contribution in [-0.2, 0) is 16.0 Å². The van der Waals surface area contributed by atoms with E-state index in [0.717, 1.165) is 43.9 Å². The molecule has 3 rings (SSSR count). The van der Waals surface area contributed by atoms with Crippen molar-refractivity contribution in [3.05, 3.63) is 21.9 Å². The molecular formula is C19H29N3O3S. The van der Waals surface area contributed by atoms with Gasteiger partial charge in [0.25, 0.3) is 5.91 Å². The van der Waals surface area contributed by atoms with Crippen LogP contribution in [0.25, 0.3) is 0 Å². The van der Waals surface area contributed by atoms with Crippen LogP contribution in [0.15, 0.2) is 12.1 Å². The summed E-state index contributed by atoms with van der Waals surface area (Å²) in [5.41, 5.74) is 0. The Bertz CT molecular complexity index is 627. The first-order valence-corrected chi connectivity index (χ1v) is 10.4. The Morgan fingerprint density at radius 3 is 2.69 bits per heavy atom. The SMILES string of the molecule is CCNC(=O)[C@@H]1C[C@H](NC(=O)c2ccc(CC)s2)CN1C1CCOCC1. The molecule has 0 unspecified atom stereocenters. The van der Waals surface area contributed by atoms with Crippen molar-refractivity contribution in [2.45, 2.75) is 57.7 Å². The maximum Gasteiger partial charge on any atom is 0.261 e. The average Bonchev–Trinajstić information content (AvgIpc) is 3.29. The molecule has 26 heavy (non-hydrogen) atoms. The van der Waals surface area contributed by atoms with E-state index in [9.17, 15) is 9.59 Å². The standard InChI is InChI=1S/C19H29N3O3S/c1-3-15-5-6-17(26-15)19(24)21-13-11-16(18(23)20-4-2)22(12-13)14-7-9-25-10-8-14/h5-6,13-14,16H,3-4,7-12H2,1-2H3,(H,20,23)(H,21,24)/t13-,16-/m0/s1. The zero-order chi connectivity index (χ0) is 18.5. The van der Waals surface area contributed by atoms with Gasteiger partial charge in [0, 0.05) is 43.3 Å². The van der Waals surface area contributed by atoms with E-state index < -0.39 is 0 Å². The van der Waals surface area contributed by atoms with Gasteiger partial charge in [-0.05, 0) is 44.7 Å². The number of thiophene rings is 1.